The second-order valence-electron chi connectivity index (χ2n) is 5.08. The Kier molecular flexibility index (Phi) is 3.09. The molecule has 0 saturated carbocycles. The van der Waals surface area contributed by atoms with E-state index in [2.05, 4.69) is 19.9 Å². The van der Waals surface area contributed by atoms with Gasteiger partial charge < -0.3 is 5.11 Å². The minimum atomic E-state index is -0.851. The highest BCUT2D eigenvalue weighted by molar-refractivity contribution is 5.88. The third-order valence-corrected chi connectivity index (χ3v) is 3.51. The fourth-order valence-electron chi connectivity index (χ4n) is 2.42. The smallest absolute Gasteiger partial charge is 0.412 e. The summed E-state index contributed by atoms with van der Waals surface area (Å²) in [6.45, 7) is 6.28. The van der Waals surface area contributed by atoms with E-state index in [1.54, 1.807) is 0 Å². The molecular formula is C14H19NO2. The van der Waals surface area contributed by atoms with Gasteiger partial charge in [-0.05, 0) is 42.9 Å². The van der Waals surface area contributed by atoms with Gasteiger partial charge in [0.1, 0.15) is 0 Å². The minimum absolute atomic E-state index is 0.0740. The Morgan fingerprint density at radius 3 is 2.76 bits per heavy atom. The fraction of sp³-hybridized carbons (Fsp3) is 0.500. The topological polar surface area (TPSA) is 40.5 Å². The molecule has 92 valence electrons. The zero-order valence-corrected chi connectivity index (χ0v) is 10.6. The maximum absolute atomic E-state index is 11.3. The first-order valence-corrected chi connectivity index (χ1v) is 6.15. The van der Waals surface area contributed by atoms with Crippen LogP contribution >= 0.6 is 0 Å². The number of hydrogen-bond donors (Lipinski definition) is 1. The summed E-state index contributed by atoms with van der Waals surface area (Å²) in [5.74, 6) is 0.484. The molecule has 0 bridgehead atoms. The first-order chi connectivity index (χ1) is 8.00. The lowest BCUT2D eigenvalue weighted by Crippen LogP contribution is -2.41. The largest absolute Gasteiger partial charge is 0.465 e. The van der Waals surface area contributed by atoms with E-state index in [1.165, 1.54) is 10.5 Å². The lowest BCUT2D eigenvalue weighted by molar-refractivity contribution is 0.198. The normalized spacial score (nSPS) is 19.3. The van der Waals surface area contributed by atoms with Crippen LogP contribution in [-0.2, 0) is 6.42 Å². The van der Waals surface area contributed by atoms with Gasteiger partial charge in [-0.3, -0.25) is 4.90 Å². The molecule has 3 nitrogen and oxygen atoms in total. The average molecular weight is 233 g/mol. The molecule has 1 heterocycles. The molecule has 17 heavy (non-hydrogen) atoms. The molecule has 0 spiro atoms. The van der Waals surface area contributed by atoms with Crippen LogP contribution in [0.3, 0.4) is 0 Å². The fourth-order valence-corrected chi connectivity index (χ4v) is 2.42. The van der Waals surface area contributed by atoms with Crippen molar-refractivity contribution in [2.45, 2.75) is 45.6 Å². The molecule has 1 aromatic carbocycles. The number of carbonyl (C=O) groups is 1. The summed E-state index contributed by atoms with van der Waals surface area (Å²) in [5.41, 5.74) is 3.31. The highest BCUT2D eigenvalue weighted by atomic mass is 16.4. The van der Waals surface area contributed by atoms with Crippen molar-refractivity contribution >= 4 is 11.8 Å². The summed E-state index contributed by atoms with van der Waals surface area (Å²) < 4.78 is 0. The Labute approximate surface area is 102 Å². The van der Waals surface area contributed by atoms with Crippen molar-refractivity contribution in [1.29, 1.82) is 0 Å². The van der Waals surface area contributed by atoms with Crippen molar-refractivity contribution in [3.8, 4) is 0 Å². The van der Waals surface area contributed by atoms with Gasteiger partial charge in [0.05, 0.1) is 5.69 Å². The Balaban J connectivity index is 2.44. The molecule has 1 aromatic rings. The van der Waals surface area contributed by atoms with E-state index >= 15 is 0 Å². The molecule has 0 fully saturated rings. The minimum Gasteiger partial charge on any atom is -0.465 e. The zero-order chi connectivity index (χ0) is 12.6. The molecule has 0 aromatic heterocycles. The van der Waals surface area contributed by atoms with Gasteiger partial charge in [0.2, 0.25) is 0 Å². The van der Waals surface area contributed by atoms with Crippen LogP contribution in [0.5, 0.6) is 0 Å². The molecule has 0 unspecified atom stereocenters. The van der Waals surface area contributed by atoms with Crippen molar-refractivity contribution in [2.75, 3.05) is 4.90 Å². The van der Waals surface area contributed by atoms with E-state index < -0.39 is 6.09 Å². The third-order valence-electron chi connectivity index (χ3n) is 3.51. The summed E-state index contributed by atoms with van der Waals surface area (Å²) in [5, 5.41) is 9.26. The molecule has 1 amide bonds. The molecule has 3 heteroatoms. The number of carboxylic acid groups (broad SMARTS) is 1. The van der Waals surface area contributed by atoms with Gasteiger partial charge >= 0.3 is 6.09 Å². The predicted molar refractivity (Wildman–Crippen MR) is 68.8 cm³/mol. The van der Waals surface area contributed by atoms with Gasteiger partial charge in [-0.2, -0.15) is 0 Å². The highest BCUT2D eigenvalue weighted by Crippen LogP contribution is 2.32. The van der Waals surface area contributed by atoms with Gasteiger partial charge in [0.25, 0.3) is 0 Å². The van der Waals surface area contributed by atoms with E-state index in [0.29, 0.717) is 5.92 Å². The molecule has 1 aliphatic rings. The Hall–Kier alpha value is -1.51. The number of fused-ring (bicyclic) bond motifs is 1. The third kappa shape index (κ3) is 2.14. The molecule has 2 rings (SSSR count). The van der Waals surface area contributed by atoms with Crippen LogP contribution in [0.2, 0.25) is 0 Å². The average Bonchev–Trinajstić information content (AvgIpc) is 2.27. The van der Waals surface area contributed by atoms with Gasteiger partial charge in [0.15, 0.2) is 0 Å². The molecule has 0 aliphatic carbocycles. The second kappa shape index (κ2) is 4.40. The van der Waals surface area contributed by atoms with Crippen LogP contribution in [0.15, 0.2) is 18.2 Å². The summed E-state index contributed by atoms with van der Waals surface area (Å²) in [7, 11) is 0. The predicted octanol–water partition coefficient (Wildman–Crippen LogP) is 3.63. The lowest BCUT2D eigenvalue weighted by atomic mass is 9.92. The van der Waals surface area contributed by atoms with Crippen LogP contribution in [0.25, 0.3) is 0 Å². The summed E-state index contributed by atoms with van der Waals surface area (Å²) in [4.78, 5) is 12.8. The quantitative estimate of drug-likeness (QED) is 0.804. The number of hydrogen-bond acceptors (Lipinski definition) is 1. The van der Waals surface area contributed by atoms with Crippen LogP contribution < -0.4 is 4.90 Å². The van der Waals surface area contributed by atoms with Crippen molar-refractivity contribution in [3.05, 3.63) is 29.3 Å². The molecule has 0 radical (unpaired) electrons. The summed E-state index contributed by atoms with van der Waals surface area (Å²) in [6, 6.07) is 6.22. The zero-order valence-electron chi connectivity index (χ0n) is 10.6. The number of anilines is 1. The second-order valence-corrected chi connectivity index (χ2v) is 5.08. The van der Waals surface area contributed by atoms with Crippen molar-refractivity contribution in [3.63, 3.8) is 0 Å². The highest BCUT2D eigenvalue weighted by Gasteiger charge is 2.27. The van der Waals surface area contributed by atoms with E-state index in [0.717, 1.165) is 24.1 Å². The van der Waals surface area contributed by atoms with Crippen molar-refractivity contribution in [1.82, 2.24) is 0 Å². The maximum Gasteiger partial charge on any atom is 0.412 e. The number of nitrogens with zero attached hydrogens (tertiary/aromatic N) is 1. The molecule has 1 N–H and O–H groups in total. The van der Waals surface area contributed by atoms with Crippen LogP contribution in [0, 0.1) is 0 Å². The van der Waals surface area contributed by atoms with Gasteiger partial charge in [-0.15, -0.1) is 0 Å². The summed E-state index contributed by atoms with van der Waals surface area (Å²) in [6.07, 6.45) is 1.03. The molecular weight excluding hydrogens is 214 g/mol. The SMILES string of the molecule is CC(C)c1ccc2c(c1)CC[C@@H](C)N2C(=O)O. The van der Waals surface area contributed by atoms with Gasteiger partial charge in [-0.25, -0.2) is 4.79 Å². The first-order valence-electron chi connectivity index (χ1n) is 6.15. The van der Waals surface area contributed by atoms with Gasteiger partial charge in [-0.1, -0.05) is 26.0 Å². The monoisotopic (exact) mass is 233 g/mol. The van der Waals surface area contributed by atoms with E-state index in [1.807, 2.05) is 19.1 Å². The Bertz CT molecular complexity index is 440. The molecule has 0 saturated heterocycles. The van der Waals surface area contributed by atoms with Crippen molar-refractivity contribution < 1.29 is 9.90 Å². The van der Waals surface area contributed by atoms with E-state index in [9.17, 15) is 9.90 Å². The maximum atomic E-state index is 11.3. The van der Waals surface area contributed by atoms with Crippen LogP contribution in [0.4, 0.5) is 10.5 Å². The molecule has 1 atom stereocenters. The van der Waals surface area contributed by atoms with E-state index in [4.69, 9.17) is 0 Å². The standard InChI is InChI=1S/C14H19NO2/c1-9(2)11-6-7-13-12(8-11)5-4-10(3)15(13)14(16)17/h6-10H,4-5H2,1-3H3,(H,16,17)/t10-/m1/s1. The number of rotatable bonds is 1. The van der Waals surface area contributed by atoms with Gasteiger partial charge in [0, 0.05) is 6.04 Å². The number of aryl methyl sites for hydroxylation is 1. The van der Waals surface area contributed by atoms with Crippen molar-refractivity contribution in [2.24, 2.45) is 0 Å². The number of amides is 1. The van der Waals surface area contributed by atoms with Crippen LogP contribution in [-0.4, -0.2) is 17.2 Å². The van der Waals surface area contributed by atoms with E-state index in [-0.39, 0.29) is 6.04 Å². The molecule has 1 aliphatic heterocycles. The number of benzene rings is 1. The Morgan fingerprint density at radius 2 is 2.18 bits per heavy atom. The lowest BCUT2D eigenvalue weighted by Gasteiger charge is -2.33. The Morgan fingerprint density at radius 1 is 1.47 bits per heavy atom. The van der Waals surface area contributed by atoms with Crippen LogP contribution in [0.1, 0.15) is 44.2 Å². The summed E-state index contributed by atoms with van der Waals surface area (Å²) >= 11 is 0. The first kappa shape index (κ1) is 12.0.